The summed E-state index contributed by atoms with van der Waals surface area (Å²) in [5.74, 6) is -3.62. The molecule has 1 amide bonds. The summed E-state index contributed by atoms with van der Waals surface area (Å²) in [6, 6.07) is 2.61. The highest BCUT2D eigenvalue weighted by Crippen LogP contribution is 2.36. The predicted octanol–water partition coefficient (Wildman–Crippen LogP) is 3.50. The van der Waals surface area contributed by atoms with Crippen LogP contribution in [0.15, 0.2) is 24.3 Å². The molecular weight excluding hydrogens is 368 g/mol. The largest absolute Gasteiger partial charge is 0.463 e. The number of halogens is 7. The van der Waals surface area contributed by atoms with Crippen molar-refractivity contribution in [2.24, 2.45) is 0 Å². The minimum atomic E-state index is -5.45. The van der Waals surface area contributed by atoms with E-state index in [1.165, 1.54) is 12.2 Å². The molecule has 0 bridgehead atoms. The van der Waals surface area contributed by atoms with E-state index < -0.39 is 47.0 Å². The number of benzene rings is 1. The summed E-state index contributed by atoms with van der Waals surface area (Å²) in [6.45, 7) is 0.753. The summed E-state index contributed by atoms with van der Waals surface area (Å²) in [6.07, 6.45) is -10.3. The van der Waals surface area contributed by atoms with E-state index in [-0.39, 0.29) is 0 Å². The van der Waals surface area contributed by atoms with Crippen LogP contribution in [0.4, 0.5) is 26.3 Å². The fourth-order valence-corrected chi connectivity index (χ4v) is 1.67. The molecule has 0 saturated carbocycles. The molecule has 11 heteroatoms. The molecule has 0 saturated heterocycles. The number of carbonyl (C=O) groups is 2. The second kappa shape index (κ2) is 6.88. The lowest BCUT2D eigenvalue weighted by Crippen LogP contribution is -2.60. The Labute approximate surface area is 136 Å². The van der Waals surface area contributed by atoms with Gasteiger partial charge in [0.1, 0.15) is 0 Å². The molecule has 4 nitrogen and oxygen atoms in total. The number of rotatable bonds is 4. The highest BCUT2D eigenvalue weighted by Gasteiger charge is 2.62. The van der Waals surface area contributed by atoms with Crippen LogP contribution in [0.2, 0.25) is 0 Å². The monoisotopic (exact) mass is 377 g/mol. The molecule has 0 aromatic heterocycles. The normalized spacial score (nSPS) is 14.7. The van der Waals surface area contributed by atoms with Crippen LogP contribution in [-0.4, -0.2) is 29.7 Å². The third-order valence-corrected chi connectivity index (χ3v) is 3.15. The van der Waals surface area contributed by atoms with Crippen molar-refractivity contribution < 1.29 is 40.7 Å². The average Bonchev–Trinajstić information content (AvgIpc) is 2.45. The van der Waals surface area contributed by atoms with Gasteiger partial charge in [0.2, 0.25) is 0 Å². The molecule has 1 aromatic rings. The number of hydrogen-bond acceptors (Lipinski definition) is 3. The Morgan fingerprint density at radius 1 is 1.17 bits per heavy atom. The molecule has 0 fully saturated rings. The number of esters is 1. The van der Waals surface area contributed by atoms with Gasteiger partial charge in [-0.1, -0.05) is 17.7 Å². The van der Waals surface area contributed by atoms with Crippen LogP contribution in [0.25, 0.3) is 0 Å². The number of hydrogen-bond donors (Lipinski definition) is 1. The molecule has 1 aromatic carbocycles. The predicted molar refractivity (Wildman–Crippen MR) is 70.2 cm³/mol. The molecule has 1 rings (SSSR count). The lowest BCUT2D eigenvalue weighted by atomic mass is 10.1. The fourth-order valence-electron chi connectivity index (χ4n) is 1.53. The van der Waals surface area contributed by atoms with Crippen molar-refractivity contribution in [3.63, 3.8) is 0 Å². The first-order valence-electron chi connectivity index (χ1n) is 6.25. The Balaban J connectivity index is 3.17. The summed E-state index contributed by atoms with van der Waals surface area (Å²) in [5, 5.41) is 1.17. The van der Waals surface area contributed by atoms with Crippen LogP contribution in [0, 0.1) is 0 Å². The van der Waals surface area contributed by atoms with Gasteiger partial charge in [-0.05, 0) is 25.1 Å². The van der Waals surface area contributed by atoms with E-state index in [2.05, 4.69) is 4.74 Å². The van der Waals surface area contributed by atoms with Gasteiger partial charge in [-0.2, -0.15) is 26.3 Å². The molecular formula is C13H10ClF6NO3. The van der Waals surface area contributed by atoms with Crippen LogP contribution in [-0.2, 0) is 15.7 Å². The van der Waals surface area contributed by atoms with Gasteiger partial charge in [-0.25, -0.2) is 4.79 Å². The fraction of sp³-hybridized carbons (Fsp3) is 0.385. The first-order chi connectivity index (χ1) is 10.8. The highest BCUT2D eigenvalue weighted by molar-refractivity contribution is 6.35. The molecule has 0 aliphatic rings. The van der Waals surface area contributed by atoms with Crippen molar-refractivity contribution in [3.8, 4) is 0 Å². The number of amides is 1. The molecule has 0 unspecified atom stereocenters. The molecule has 0 radical (unpaired) electrons. The van der Waals surface area contributed by atoms with Gasteiger partial charge >= 0.3 is 23.3 Å². The quantitative estimate of drug-likeness (QED) is 0.378. The summed E-state index contributed by atoms with van der Waals surface area (Å²) >= 11 is 5.17. The minimum Gasteiger partial charge on any atom is -0.463 e. The number of carbonyl (C=O) groups excluding carboxylic acids is 2. The summed E-state index contributed by atoms with van der Waals surface area (Å²) in [7, 11) is 0. The zero-order chi connectivity index (χ0) is 18.8. The molecule has 1 atom stereocenters. The van der Waals surface area contributed by atoms with Crippen molar-refractivity contribution in [1.29, 1.82) is 0 Å². The molecule has 0 spiro atoms. The van der Waals surface area contributed by atoms with E-state index in [0.29, 0.717) is 12.1 Å². The third kappa shape index (κ3) is 4.31. The van der Waals surface area contributed by atoms with Crippen LogP contribution in [0.1, 0.15) is 22.8 Å². The Hall–Kier alpha value is -1.97. The zero-order valence-electron chi connectivity index (χ0n) is 11.9. The van der Waals surface area contributed by atoms with E-state index in [4.69, 9.17) is 11.6 Å². The maximum Gasteiger partial charge on any atom is 0.437 e. The zero-order valence-corrected chi connectivity index (χ0v) is 12.6. The Bertz CT molecular complexity index is 631. The van der Waals surface area contributed by atoms with E-state index in [1.54, 1.807) is 0 Å². The Morgan fingerprint density at radius 3 is 2.21 bits per heavy atom. The smallest absolute Gasteiger partial charge is 0.437 e. The van der Waals surface area contributed by atoms with Crippen molar-refractivity contribution in [2.45, 2.75) is 24.3 Å². The summed E-state index contributed by atoms with van der Waals surface area (Å²) in [4.78, 5) is 19.3. The van der Waals surface area contributed by atoms with Crippen LogP contribution in [0.5, 0.6) is 0 Å². The number of ether oxygens (including phenoxy) is 1. The van der Waals surface area contributed by atoms with E-state index in [1.807, 2.05) is 0 Å². The first kappa shape index (κ1) is 20.1. The topological polar surface area (TPSA) is 55.4 Å². The molecule has 0 aliphatic heterocycles. The Kier molecular flexibility index (Phi) is 5.75. The maximum absolute atomic E-state index is 13.0. The Morgan fingerprint density at radius 2 is 1.75 bits per heavy atom. The highest BCUT2D eigenvalue weighted by atomic mass is 35.5. The van der Waals surface area contributed by atoms with Crippen molar-refractivity contribution in [3.05, 3.63) is 35.4 Å². The van der Waals surface area contributed by atoms with E-state index >= 15 is 0 Å². The van der Waals surface area contributed by atoms with Gasteiger partial charge in [-0.3, -0.25) is 4.79 Å². The van der Waals surface area contributed by atoms with E-state index in [9.17, 15) is 35.9 Å². The van der Waals surface area contributed by atoms with Gasteiger partial charge in [0.25, 0.3) is 5.91 Å². The van der Waals surface area contributed by atoms with Crippen LogP contribution >= 0.6 is 11.6 Å². The first-order valence-corrected chi connectivity index (χ1v) is 6.63. The van der Waals surface area contributed by atoms with Gasteiger partial charge in [0.15, 0.2) is 0 Å². The summed E-state index contributed by atoms with van der Waals surface area (Å²) in [5.41, 5.74) is -2.01. The van der Waals surface area contributed by atoms with Crippen LogP contribution in [0.3, 0.4) is 0 Å². The molecule has 0 aliphatic carbocycles. The van der Waals surface area contributed by atoms with Gasteiger partial charge in [0, 0.05) is 5.56 Å². The molecule has 1 N–H and O–H groups in total. The lowest BCUT2D eigenvalue weighted by Gasteiger charge is -2.28. The van der Waals surface area contributed by atoms with Gasteiger partial charge in [-0.15, -0.1) is 0 Å². The maximum atomic E-state index is 13.0. The van der Waals surface area contributed by atoms with Gasteiger partial charge < -0.3 is 10.1 Å². The number of alkyl halides is 7. The number of nitrogens with one attached hydrogen (secondary N) is 1. The van der Waals surface area contributed by atoms with E-state index in [0.717, 1.165) is 12.1 Å². The summed E-state index contributed by atoms with van der Waals surface area (Å²) < 4.78 is 80.9. The standard InChI is InChI=1S/C13H10ClF6NO3/c1-2-24-10(23)11(14,13(18,19)20)21-9(22)7-4-3-5-8(6-7)12(15,16)17/h3-6H,2H2,1H3,(H,21,22)/t11-/m1/s1. The lowest BCUT2D eigenvalue weighted by molar-refractivity contribution is -0.192. The average molecular weight is 378 g/mol. The van der Waals surface area contributed by atoms with Crippen molar-refractivity contribution >= 4 is 23.5 Å². The van der Waals surface area contributed by atoms with Crippen molar-refractivity contribution in [1.82, 2.24) is 5.32 Å². The molecule has 24 heavy (non-hydrogen) atoms. The SMILES string of the molecule is CCOC(=O)[C@@](Cl)(NC(=O)c1cccc(C(F)(F)F)c1)C(F)(F)F. The second-order valence-electron chi connectivity index (χ2n) is 4.41. The second-order valence-corrected chi connectivity index (χ2v) is 4.98. The molecule has 134 valence electrons. The van der Waals surface area contributed by atoms with Gasteiger partial charge in [0.05, 0.1) is 12.2 Å². The third-order valence-electron chi connectivity index (χ3n) is 2.69. The minimum absolute atomic E-state index is 0.328. The molecule has 0 heterocycles. The van der Waals surface area contributed by atoms with Crippen LogP contribution < -0.4 is 5.32 Å². The van der Waals surface area contributed by atoms with Crippen molar-refractivity contribution in [2.75, 3.05) is 6.61 Å².